The van der Waals surface area contributed by atoms with Gasteiger partial charge in [0.15, 0.2) is 0 Å². The van der Waals surface area contributed by atoms with Crippen molar-refractivity contribution >= 4 is 17.7 Å². The maximum absolute atomic E-state index is 9.81. The topological polar surface area (TPSA) is 63.3 Å². The molecule has 0 radical (unpaired) electrons. The van der Waals surface area contributed by atoms with Crippen LogP contribution < -0.4 is 5.73 Å². The van der Waals surface area contributed by atoms with E-state index in [1.165, 1.54) is 11.8 Å². The van der Waals surface area contributed by atoms with Crippen molar-refractivity contribution in [1.29, 1.82) is 0 Å². The van der Waals surface area contributed by atoms with E-state index in [0.717, 1.165) is 5.75 Å². The minimum Gasteiger partial charge on any atom is -0.481 e. The normalized spacial score (nSPS) is 9.12. The Labute approximate surface area is 52.3 Å². The largest absolute Gasteiger partial charge is 0.481 e. The lowest BCUT2D eigenvalue weighted by atomic mass is 10.8. The molecule has 0 saturated heterocycles. The molecule has 0 bridgehead atoms. The molecule has 0 aliphatic heterocycles. The summed E-state index contributed by atoms with van der Waals surface area (Å²) in [5.74, 6) is 0.118. The second-order valence-electron chi connectivity index (χ2n) is 1.23. The van der Waals surface area contributed by atoms with Gasteiger partial charge >= 0.3 is 5.97 Å². The van der Waals surface area contributed by atoms with Crippen molar-refractivity contribution in [3.05, 3.63) is 0 Å². The molecule has 0 amide bonds. The lowest BCUT2D eigenvalue weighted by molar-refractivity contribution is -0.133. The Morgan fingerprint density at radius 3 is 2.75 bits per heavy atom. The van der Waals surface area contributed by atoms with Crippen LogP contribution in [0.15, 0.2) is 0 Å². The maximum atomic E-state index is 9.81. The summed E-state index contributed by atoms with van der Waals surface area (Å²) in [4.78, 5) is 9.81. The molecule has 0 atom stereocenters. The van der Waals surface area contributed by atoms with Gasteiger partial charge in [0.2, 0.25) is 0 Å². The zero-order valence-electron chi connectivity index (χ0n) is 4.46. The molecule has 0 unspecified atom stereocenters. The molecule has 0 aromatic carbocycles. The number of aliphatic carboxylic acids is 1. The molecule has 0 aliphatic rings. The van der Waals surface area contributed by atoms with Crippen LogP contribution in [0.5, 0.6) is 0 Å². The number of carboxylic acid groups (broad SMARTS) is 1. The second-order valence-corrected chi connectivity index (χ2v) is 2.34. The van der Waals surface area contributed by atoms with Gasteiger partial charge in [0, 0.05) is 12.3 Å². The first-order chi connectivity index (χ1) is 3.77. The standard InChI is InChI=1S/C4H9NO2S/c5-1-2-8-3-4(6)7/h1-3,5H2,(H,6,7). The van der Waals surface area contributed by atoms with Crippen LogP contribution in [0.4, 0.5) is 0 Å². The molecule has 0 aromatic rings. The number of carboxylic acids is 1. The number of nitrogens with two attached hydrogens (primary N) is 1. The van der Waals surface area contributed by atoms with Crippen LogP contribution in [-0.2, 0) is 4.79 Å². The van der Waals surface area contributed by atoms with Gasteiger partial charge in [-0.1, -0.05) is 0 Å². The Morgan fingerprint density at radius 1 is 1.75 bits per heavy atom. The molecule has 0 rings (SSSR count). The fraction of sp³-hybridized carbons (Fsp3) is 0.750. The fourth-order valence-corrected chi connectivity index (χ4v) is 0.728. The van der Waals surface area contributed by atoms with Crippen LogP contribution in [-0.4, -0.2) is 29.1 Å². The summed E-state index contributed by atoms with van der Waals surface area (Å²) in [6, 6.07) is 0. The molecule has 0 spiro atoms. The fourth-order valence-electron chi connectivity index (χ4n) is 0.243. The summed E-state index contributed by atoms with van der Waals surface area (Å²) in [5, 5.41) is 8.08. The van der Waals surface area contributed by atoms with Crippen molar-refractivity contribution in [3.63, 3.8) is 0 Å². The molecular weight excluding hydrogens is 126 g/mol. The Bertz CT molecular complexity index is 76.4. The molecule has 3 nitrogen and oxygen atoms in total. The SMILES string of the molecule is NCCSCC(=O)O. The van der Waals surface area contributed by atoms with Crippen molar-refractivity contribution in [2.45, 2.75) is 0 Å². The number of thioether (sulfide) groups is 1. The van der Waals surface area contributed by atoms with Gasteiger partial charge in [-0.05, 0) is 0 Å². The monoisotopic (exact) mass is 135 g/mol. The summed E-state index contributed by atoms with van der Waals surface area (Å²) in [6.45, 7) is 0.554. The highest BCUT2D eigenvalue weighted by molar-refractivity contribution is 7.99. The molecule has 0 heterocycles. The summed E-state index contributed by atoms with van der Waals surface area (Å²) in [7, 11) is 0. The summed E-state index contributed by atoms with van der Waals surface area (Å²) in [5.41, 5.74) is 5.10. The van der Waals surface area contributed by atoms with Crippen molar-refractivity contribution in [3.8, 4) is 0 Å². The van der Waals surface area contributed by atoms with Gasteiger partial charge in [0.25, 0.3) is 0 Å². The first-order valence-electron chi connectivity index (χ1n) is 2.27. The number of rotatable bonds is 4. The molecule has 48 valence electrons. The molecule has 0 aliphatic carbocycles. The Balaban J connectivity index is 2.82. The summed E-state index contributed by atoms with van der Waals surface area (Å²) < 4.78 is 0. The molecular formula is C4H9NO2S. The predicted molar refractivity (Wildman–Crippen MR) is 34.0 cm³/mol. The van der Waals surface area contributed by atoms with E-state index in [9.17, 15) is 4.79 Å². The third kappa shape index (κ3) is 5.78. The van der Waals surface area contributed by atoms with E-state index in [4.69, 9.17) is 10.8 Å². The van der Waals surface area contributed by atoms with E-state index in [-0.39, 0.29) is 5.75 Å². The van der Waals surface area contributed by atoms with Gasteiger partial charge in [-0.2, -0.15) is 0 Å². The average Bonchev–Trinajstić information content (AvgIpc) is 1.66. The van der Waals surface area contributed by atoms with Crippen LogP contribution in [0.3, 0.4) is 0 Å². The van der Waals surface area contributed by atoms with E-state index in [0.29, 0.717) is 6.54 Å². The van der Waals surface area contributed by atoms with Crippen LogP contribution in [0.1, 0.15) is 0 Å². The first kappa shape index (κ1) is 7.78. The van der Waals surface area contributed by atoms with Gasteiger partial charge in [-0.15, -0.1) is 11.8 Å². The van der Waals surface area contributed by atoms with Crippen molar-refractivity contribution < 1.29 is 9.90 Å². The highest BCUT2D eigenvalue weighted by Gasteiger charge is 1.93. The zero-order valence-corrected chi connectivity index (χ0v) is 5.28. The molecule has 4 heteroatoms. The van der Waals surface area contributed by atoms with Crippen LogP contribution in [0.25, 0.3) is 0 Å². The average molecular weight is 135 g/mol. The van der Waals surface area contributed by atoms with Crippen molar-refractivity contribution in [1.82, 2.24) is 0 Å². The van der Waals surface area contributed by atoms with E-state index in [1.54, 1.807) is 0 Å². The van der Waals surface area contributed by atoms with Crippen LogP contribution in [0, 0.1) is 0 Å². The summed E-state index contributed by atoms with van der Waals surface area (Å²) >= 11 is 1.34. The van der Waals surface area contributed by atoms with Gasteiger partial charge in [-0.25, -0.2) is 0 Å². The predicted octanol–water partition coefficient (Wildman–Crippen LogP) is -0.237. The highest BCUT2D eigenvalue weighted by Crippen LogP contribution is 1.95. The third-order valence-corrected chi connectivity index (χ3v) is 1.46. The van der Waals surface area contributed by atoms with Gasteiger partial charge < -0.3 is 10.8 Å². The minimum absolute atomic E-state index is 0.164. The third-order valence-electron chi connectivity index (χ3n) is 0.488. The smallest absolute Gasteiger partial charge is 0.313 e. The second kappa shape index (κ2) is 4.93. The molecule has 0 aromatic heterocycles. The number of hydrogen-bond acceptors (Lipinski definition) is 3. The van der Waals surface area contributed by atoms with E-state index < -0.39 is 5.97 Å². The van der Waals surface area contributed by atoms with E-state index in [1.807, 2.05) is 0 Å². The molecule has 8 heavy (non-hydrogen) atoms. The van der Waals surface area contributed by atoms with Gasteiger partial charge in [0.1, 0.15) is 0 Å². The Hall–Kier alpha value is -0.220. The van der Waals surface area contributed by atoms with Crippen LogP contribution >= 0.6 is 11.8 Å². The maximum Gasteiger partial charge on any atom is 0.313 e. The highest BCUT2D eigenvalue weighted by atomic mass is 32.2. The number of carbonyl (C=O) groups is 1. The van der Waals surface area contributed by atoms with Crippen molar-refractivity contribution in [2.24, 2.45) is 5.73 Å². The van der Waals surface area contributed by atoms with E-state index >= 15 is 0 Å². The zero-order chi connectivity index (χ0) is 6.41. The van der Waals surface area contributed by atoms with Gasteiger partial charge in [-0.3, -0.25) is 4.79 Å². The van der Waals surface area contributed by atoms with Crippen molar-refractivity contribution in [2.75, 3.05) is 18.1 Å². The quantitative estimate of drug-likeness (QED) is 0.522. The Kier molecular flexibility index (Phi) is 4.79. The number of hydrogen-bond donors (Lipinski definition) is 2. The van der Waals surface area contributed by atoms with Gasteiger partial charge in [0.05, 0.1) is 5.75 Å². The molecule has 0 saturated carbocycles. The molecule has 3 N–H and O–H groups in total. The van der Waals surface area contributed by atoms with E-state index in [2.05, 4.69) is 0 Å². The molecule has 0 fully saturated rings. The Morgan fingerprint density at radius 2 is 2.38 bits per heavy atom. The summed E-state index contributed by atoms with van der Waals surface area (Å²) in [6.07, 6.45) is 0. The lowest BCUT2D eigenvalue weighted by Gasteiger charge is -1.90. The first-order valence-corrected chi connectivity index (χ1v) is 3.42. The van der Waals surface area contributed by atoms with Crippen LogP contribution in [0.2, 0.25) is 0 Å². The minimum atomic E-state index is -0.775. The lowest BCUT2D eigenvalue weighted by Crippen LogP contribution is -2.05.